The van der Waals surface area contributed by atoms with E-state index in [0.29, 0.717) is 11.6 Å². The van der Waals surface area contributed by atoms with Crippen molar-refractivity contribution in [1.29, 1.82) is 0 Å². The molecule has 0 amide bonds. The molecule has 1 aromatic rings. The number of aromatic amines is 1. The average molecular weight is 270 g/mol. The van der Waals surface area contributed by atoms with Gasteiger partial charge in [0.15, 0.2) is 0 Å². The zero-order chi connectivity index (χ0) is 13.1. The molecule has 6 nitrogen and oxygen atoms in total. The predicted octanol–water partition coefficient (Wildman–Crippen LogP) is 0.211. The van der Waals surface area contributed by atoms with Crippen LogP contribution >= 0.6 is 11.8 Å². The maximum atomic E-state index is 11.7. The van der Waals surface area contributed by atoms with Crippen molar-refractivity contribution >= 4 is 23.3 Å². The van der Waals surface area contributed by atoms with Crippen LogP contribution in [0.4, 0.5) is 11.5 Å². The summed E-state index contributed by atoms with van der Waals surface area (Å²) in [6.07, 6.45) is 2.31. The number of nitrogens with zero attached hydrogens (tertiary/aromatic N) is 1. The fourth-order valence-corrected chi connectivity index (χ4v) is 3.21. The highest BCUT2D eigenvalue weighted by Gasteiger charge is 2.15. The van der Waals surface area contributed by atoms with Gasteiger partial charge in [-0.25, -0.2) is 4.79 Å². The Morgan fingerprint density at radius 2 is 2.11 bits per heavy atom. The molecular formula is C11H18N4O2S. The molecule has 0 unspecified atom stereocenters. The summed E-state index contributed by atoms with van der Waals surface area (Å²) in [6, 6.07) is 0. The second kappa shape index (κ2) is 5.51. The van der Waals surface area contributed by atoms with Crippen LogP contribution in [0.15, 0.2) is 9.59 Å². The number of nitrogens with two attached hydrogens (primary N) is 1. The molecule has 0 saturated carbocycles. The standard InChI is InChI=1S/C11H18N4O2S/c1-15-9(12)8(10(16)14-11(15)17)13-6-7-2-4-18-5-3-7/h7,13H,2-6,12H2,1H3,(H,14,16,17). The normalized spacial score (nSPS) is 16.7. The molecule has 1 saturated heterocycles. The van der Waals surface area contributed by atoms with E-state index in [0.717, 1.165) is 19.4 Å². The molecule has 0 atom stereocenters. The topological polar surface area (TPSA) is 92.9 Å². The van der Waals surface area contributed by atoms with Crippen molar-refractivity contribution < 1.29 is 0 Å². The first-order chi connectivity index (χ1) is 8.59. The van der Waals surface area contributed by atoms with Crippen molar-refractivity contribution in [2.45, 2.75) is 12.8 Å². The lowest BCUT2D eigenvalue weighted by Gasteiger charge is -2.22. The number of aromatic nitrogens is 2. The molecule has 0 spiro atoms. The van der Waals surface area contributed by atoms with Crippen LogP contribution in [0.1, 0.15) is 12.8 Å². The van der Waals surface area contributed by atoms with E-state index in [1.165, 1.54) is 23.1 Å². The summed E-state index contributed by atoms with van der Waals surface area (Å²) in [5.41, 5.74) is 5.14. The van der Waals surface area contributed by atoms with Gasteiger partial charge >= 0.3 is 5.69 Å². The van der Waals surface area contributed by atoms with Crippen molar-refractivity contribution in [3.05, 3.63) is 20.8 Å². The fraction of sp³-hybridized carbons (Fsp3) is 0.636. The second-order valence-electron chi connectivity index (χ2n) is 4.52. The third-order valence-electron chi connectivity index (χ3n) is 3.28. The van der Waals surface area contributed by atoms with Crippen molar-refractivity contribution in [3.8, 4) is 0 Å². The Morgan fingerprint density at radius 3 is 2.78 bits per heavy atom. The van der Waals surface area contributed by atoms with Gasteiger partial charge in [0, 0.05) is 13.6 Å². The summed E-state index contributed by atoms with van der Waals surface area (Å²) in [4.78, 5) is 25.2. The van der Waals surface area contributed by atoms with Crippen LogP contribution in [0.5, 0.6) is 0 Å². The van der Waals surface area contributed by atoms with E-state index in [-0.39, 0.29) is 5.82 Å². The van der Waals surface area contributed by atoms with E-state index in [9.17, 15) is 9.59 Å². The van der Waals surface area contributed by atoms with E-state index in [1.54, 1.807) is 0 Å². The van der Waals surface area contributed by atoms with Gasteiger partial charge in [0.2, 0.25) is 0 Å². The Kier molecular flexibility index (Phi) is 4.00. The van der Waals surface area contributed by atoms with Crippen LogP contribution in [-0.4, -0.2) is 27.6 Å². The predicted molar refractivity (Wildman–Crippen MR) is 75.3 cm³/mol. The van der Waals surface area contributed by atoms with Crippen molar-refractivity contribution in [2.75, 3.05) is 29.1 Å². The number of nitrogens with one attached hydrogen (secondary N) is 2. The number of thioether (sulfide) groups is 1. The molecule has 0 aromatic carbocycles. The molecule has 2 rings (SSSR count). The Bertz CT molecular complexity index is 531. The molecule has 0 aliphatic carbocycles. The van der Waals surface area contributed by atoms with Crippen LogP contribution in [0.3, 0.4) is 0 Å². The van der Waals surface area contributed by atoms with Gasteiger partial charge in [0.1, 0.15) is 11.5 Å². The molecule has 0 bridgehead atoms. The van der Waals surface area contributed by atoms with Gasteiger partial charge in [-0.3, -0.25) is 14.3 Å². The second-order valence-corrected chi connectivity index (χ2v) is 5.74. The minimum absolute atomic E-state index is 0.189. The van der Waals surface area contributed by atoms with Crippen LogP contribution in [-0.2, 0) is 7.05 Å². The molecule has 18 heavy (non-hydrogen) atoms. The lowest BCUT2D eigenvalue weighted by Crippen LogP contribution is -2.33. The van der Waals surface area contributed by atoms with E-state index in [4.69, 9.17) is 5.73 Å². The summed E-state index contributed by atoms with van der Waals surface area (Å²) in [5.74, 6) is 3.10. The number of hydrogen-bond acceptors (Lipinski definition) is 5. The number of H-pyrrole nitrogens is 1. The molecule has 2 heterocycles. The van der Waals surface area contributed by atoms with Crippen molar-refractivity contribution in [1.82, 2.24) is 9.55 Å². The SMILES string of the molecule is Cn1c(N)c(NCC2CCSCC2)c(=O)[nH]c1=O. The minimum atomic E-state index is -0.489. The third kappa shape index (κ3) is 2.72. The lowest BCUT2D eigenvalue weighted by atomic mass is 10.0. The maximum Gasteiger partial charge on any atom is 0.329 e. The zero-order valence-electron chi connectivity index (χ0n) is 10.4. The van der Waals surface area contributed by atoms with Gasteiger partial charge in [-0.15, -0.1) is 0 Å². The Labute approximate surface area is 109 Å². The number of nitrogen functional groups attached to an aromatic ring is 1. The quantitative estimate of drug-likeness (QED) is 0.730. The fourth-order valence-electron chi connectivity index (χ4n) is 2.00. The highest BCUT2D eigenvalue weighted by Crippen LogP contribution is 2.23. The number of rotatable bonds is 3. The zero-order valence-corrected chi connectivity index (χ0v) is 11.2. The summed E-state index contributed by atoms with van der Waals surface area (Å²) < 4.78 is 1.24. The number of hydrogen-bond donors (Lipinski definition) is 3. The van der Waals surface area contributed by atoms with E-state index >= 15 is 0 Å². The van der Waals surface area contributed by atoms with Gasteiger partial charge in [-0.1, -0.05) is 0 Å². The van der Waals surface area contributed by atoms with Crippen LogP contribution < -0.4 is 22.3 Å². The Hall–Kier alpha value is -1.37. The molecule has 7 heteroatoms. The van der Waals surface area contributed by atoms with Crippen LogP contribution in [0.25, 0.3) is 0 Å². The monoisotopic (exact) mass is 270 g/mol. The smallest absolute Gasteiger partial charge is 0.329 e. The molecule has 1 aliphatic heterocycles. The molecule has 4 N–H and O–H groups in total. The summed E-state index contributed by atoms with van der Waals surface area (Å²) in [5, 5.41) is 3.08. The molecule has 0 radical (unpaired) electrons. The van der Waals surface area contributed by atoms with Crippen molar-refractivity contribution in [2.24, 2.45) is 13.0 Å². The molecule has 100 valence electrons. The molecule has 1 aromatic heterocycles. The van der Waals surface area contributed by atoms with Crippen LogP contribution in [0.2, 0.25) is 0 Å². The van der Waals surface area contributed by atoms with Gasteiger partial charge in [0.25, 0.3) is 5.56 Å². The van der Waals surface area contributed by atoms with Crippen LogP contribution in [0, 0.1) is 5.92 Å². The van der Waals surface area contributed by atoms with Gasteiger partial charge in [-0.2, -0.15) is 11.8 Å². The van der Waals surface area contributed by atoms with Gasteiger partial charge in [-0.05, 0) is 30.3 Å². The average Bonchev–Trinajstić information content (AvgIpc) is 2.37. The molecular weight excluding hydrogens is 252 g/mol. The number of anilines is 2. The van der Waals surface area contributed by atoms with E-state index < -0.39 is 11.2 Å². The Morgan fingerprint density at radius 1 is 1.44 bits per heavy atom. The van der Waals surface area contributed by atoms with Gasteiger partial charge in [0.05, 0.1) is 0 Å². The van der Waals surface area contributed by atoms with E-state index in [2.05, 4.69) is 10.3 Å². The van der Waals surface area contributed by atoms with E-state index in [1.807, 2.05) is 11.8 Å². The summed E-state index contributed by atoms with van der Waals surface area (Å²) >= 11 is 1.97. The van der Waals surface area contributed by atoms with Crippen molar-refractivity contribution in [3.63, 3.8) is 0 Å². The third-order valence-corrected chi connectivity index (χ3v) is 4.33. The maximum absolute atomic E-state index is 11.7. The summed E-state index contributed by atoms with van der Waals surface area (Å²) in [6.45, 7) is 0.728. The Balaban J connectivity index is 2.11. The molecule has 1 fully saturated rings. The first-order valence-electron chi connectivity index (χ1n) is 6.00. The molecule has 1 aliphatic rings. The first-order valence-corrected chi connectivity index (χ1v) is 7.15. The largest absolute Gasteiger partial charge is 0.383 e. The summed E-state index contributed by atoms with van der Waals surface area (Å²) in [7, 11) is 1.54. The van der Waals surface area contributed by atoms with Gasteiger partial charge < -0.3 is 11.1 Å². The minimum Gasteiger partial charge on any atom is -0.383 e. The first kappa shape index (κ1) is 13.1. The lowest BCUT2D eigenvalue weighted by molar-refractivity contribution is 0.515. The highest BCUT2D eigenvalue weighted by molar-refractivity contribution is 7.99. The highest BCUT2D eigenvalue weighted by atomic mass is 32.2.